The van der Waals surface area contributed by atoms with Crippen LogP contribution in [0.1, 0.15) is 17.3 Å². The van der Waals surface area contributed by atoms with E-state index < -0.39 is 34.7 Å². The maximum absolute atomic E-state index is 12.9. The molecular formula is C10H7ClF4O2. The van der Waals surface area contributed by atoms with Crippen molar-refractivity contribution in [2.75, 3.05) is 0 Å². The lowest BCUT2D eigenvalue weighted by Crippen LogP contribution is -2.20. The molecule has 7 heteroatoms. The molecule has 0 amide bonds. The van der Waals surface area contributed by atoms with Crippen molar-refractivity contribution in [2.45, 2.75) is 18.7 Å². The number of benzene rings is 1. The van der Waals surface area contributed by atoms with E-state index in [0.29, 0.717) is 6.07 Å². The van der Waals surface area contributed by atoms with Gasteiger partial charge < -0.3 is 4.74 Å². The number of halogens is 5. The highest BCUT2D eigenvalue weighted by atomic mass is 35.5. The largest absolute Gasteiger partial charge is 0.573 e. The quantitative estimate of drug-likeness (QED) is 0.477. The van der Waals surface area contributed by atoms with Gasteiger partial charge in [0.25, 0.3) is 0 Å². The van der Waals surface area contributed by atoms with Gasteiger partial charge in [-0.3, -0.25) is 4.79 Å². The Balaban J connectivity index is 3.17. The second-order valence-electron chi connectivity index (χ2n) is 3.17. The van der Waals surface area contributed by atoms with E-state index in [1.807, 2.05) is 0 Å². The molecular weight excluding hydrogens is 264 g/mol. The number of hydrogen-bond donors (Lipinski definition) is 0. The molecule has 1 aromatic carbocycles. The maximum atomic E-state index is 12.9. The normalized spacial score (nSPS) is 13.3. The van der Waals surface area contributed by atoms with Crippen LogP contribution in [0.5, 0.6) is 5.75 Å². The van der Waals surface area contributed by atoms with E-state index in [-0.39, 0.29) is 0 Å². The minimum atomic E-state index is -4.96. The summed E-state index contributed by atoms with van der Waals surface area (Å²) in [6.45, 7) is 1.27. The summed E-state index contributed by atoms with van der Waals surface area (Å²) >= 11 is 5.45. The SMILES string of the molecule is CC(Cl)C(=O)c1cc(F)ccc1OC(F)(F)F. The van der Waals surface area contributed by atoms with E-state index in [0.717, 1.165) is 12.1 Å². The third-order valence-corrected chi connectivity index (χ3v) is 1.99. The van der Waals surface area contributed by atoms with Crippen molar-refractivity contribution in [1.29, 1.82) is 0 Å². The molecule has 0 bridgehead atoms. The Morgan fingerprint density at radius 3 is 2.47 bits per heavy atom. The lowest BCUT2D eigenvalue weighted by Gasteiger charge is -2.13. The van der Waals surface area contributed by atoms with Gasteiger partial charge in [-0.15, -0.1) is 24.8 Å². The van der Waals surface area contributed by atoms with Crippen molar-refractivity contribution in [3.63, 3.8) is 0 Å². The monoisotopic (exact) mass is 270 g/mol. The summed E-state index contributed by atoms with van der Waals surface area (Å²) in [6, 6.07) is 2.15. The van der Waals surface area contributed by atoms with Gasteiger partial charge >= 0.3 is 6.36 Å². The molecule has 0 saturated carbocycles. The summed E-state index contributed by atoms with van der Waals surface area (Å²) in [5.74, 6) is -2.46. The van der Waals surface area contributed by atoms with Gasteiger partial charge in [0, 0.05) is 0 Å². The third kappa shape index (κ3) is 3.89. The van der Waals surface area contributed by atoms with Crippen molar-refractivity contribution in [2.24, 2.45) is 0 Å². The number of alkyl halides is 4. The molecule has 1 rings (SSSR count). The van der Waals surface area contributed by atoms with Gasteiger partial charge in [0.1, 0.15) is 11.6 Å². The number of ketones is 1. The lowest BCUT2D eigenvalue weighted by atomic mass is 10.1. The zero-order valence-electron chi connectivity index (χ0n) is 8.52. The van der Waals surface area contributed by atoms with Crippen LogP contribution in [0.3, 0.4) is 0 Å². The molecule has 1 unspecified atom stereocenters. The van der Waals surface area contributed by atoms with Crippen LogP contribution in [0, 0.1) is 5.82 Å². The first-order valence-electron chi connectivity index (χ1n) is 4.44. The topological polar surface area (TPSA) is 26.3 Å². The van der Waals surface area contributed by atoms with Crippen LogP contribution in [0.4, 0.5) is 17.6 Å². The first-order chi connectivity index (χ1) is 7.70. The molecule has 1 aromatic rings. The Bertz CT molecular complexity index is 429. The average Bonchev–Trinajstić information content (AvgIpc) is 2.17. The maximum Gasteiger partial charge on any atom is 0.573 e. The van der Waals surface area contributed by atoms with Gasteiger partial charge in [0.2, 0.25) is 0 Å². The van der Waals surface area contributed by atoms with E-state index in [1.165, 1.54) is 6.92 Å². The van der Waals surface area contributed by atoms with Crippen molar-refractivity contribution >= 4 is 17.4 Å². The van der Waals surface area contributed by atoms with Crippen LogP contribution >= 0.6 is 11.6 Å². The average molecular weight is 271 g/mol. The van der Waals surface area contributed by atoms with Crippen molar-refractivity contribution in [3.05, 3.63) is 29.6 Å². The minimum absolute atomic E-state index is 0.537. The number of ether oxygens (including phenoxy) is 1. The molecule has 0 fully saturated rings. The molecule has 0 aliphatic carbocycles. The fourth-order valence-electron chi connectivity index (χ4n) is 1.12. The highest BCUT2D eigenvalue weighted by Gasteiger charge is 2.33. The summed E-state index contributed by atoms with van der Waals surface area (Å²) in [5.41, 5.74) is -0.537. The molecule has 0 aliphatic rings. The van der Waals surface area contributed by atoms with Gasteiger partial charge in [-0.2, -0.15) is 0 Å². The highest BCUT2D eigenvalue weighted by Crippen LogP contribution is 2.28. The molecule has 0 aliphatic heterocycles. The van der Waals surface area contributed by atoms with Gasteiger partial charge in [0.15, 0.2) is 5.78 Å². The molecule has 0 heterocycles. The van der Waals surface area contributed by atoms with Gasteiger partial charge in [-0.05, 0) is 25.1 Å². The highest BCUT2D eigenvalue weighted by molar-refractivity contribution is 6.33. The predicted molar refractivity (Wildman–Crippen MR) is 52.7 cm³/mol. The van der Waals surface area contributed by atoms with Crippen molar-refractivity contribution < 1.29 is 27.1 Å². The van der Waals surface area contributed by atoms with Crippen LogP contribution in [0.2, 0.25) is 0 Å². The Labute approximate surface area is 99.1 Å². The summed E-state index contributed by atoms with van der Waals surface area (Å²) in [7, 11) is 0. The molecule has 0 spiro atoms. The standard InChI is InChI=1S/C10H7ClF4O2/c1-5(11)9(16)7-4-6(12)2-3-8(7)17-10(13,14)15/h2-5H,1H3. The summed E-state index contributed by atoms with van der Waals surface area (Å²) < 4.78 is 52.6. The zero-order valence-corrected chi connectivity index (χ0v) is 9.27. The second-order valence-corrected chi connectivity index (χ2v) is 3.82. The summed E-state index contributed by atoms with van der Waals surface area (Å²) in [4.78, 5) is 11.5. The van der Waals surface area contributed by atoms with Crippen LogP contribution in [0.15, 0.2) is 18.2 Å². The minimum Gasteiger partial charge on any atom is -0.405 e. The number of rotatable bonds is 3. The van der Waals surface area contributed by atoms with Gasteiger partial charge in [-0.25, -0.2) is 4.39 Å². The van der Waals surface area contributed by atoms with Crippen LogP contribution < -0.4 is 4.74 Å². The zero-order chi connectivity index (χ0) is 13.2. The van der Waals surface area contributed by atoms with E-state index in [1.54, 1.807) is 0 Å². The first kappa shape index (κ1) is 13.8. The fourth-order valence-corrected chi connectivity index (χ4v) is 1.24. The molecule has 17 heavy (non-hydrogen) atoms. The van der Waals surface area contributed by atoms with Crippen molar-refractivity contribution in [3.8, 4) is 5.75 Å². The van der Waals surface area contributed by atoms with Crippen LogP contribution in [0.25, 0.3) is 0 Å². The molecule has 0 radical (unpaired) electrons. The number of carbonyl (C=O) groups is 1. The second kappa shape index (κ2) is 4.91. The smallest absolute Gasteiger partial charge is 0.405 e. The van der Waals surface area contributed by atoms with E-state index >= 15 is 0 Å². The summed E-state index contributed by atoms with van der Waals surface area (Å²) in [6.07, 6.45) is -4.96. The first-order valence-corrected chi connectivity index (χ1v) is 4.88. The number of hydrogen-bond acceptors (Lipinski definition) is 2. The molecule has 0 aromatic heterocycles. The van der Waals surface area contributed by atoms with Crippen molar-refractivity contribution in [1.82, 2.24) is 0 Å². The Kier molecular flexibility index (Phi) is 3.98. The molecule has 1 atom stereocenters. The van der Waals surface area contributed by atoms with E-state index in [2.05, 4.69) is 4.74 Å². The molecule has 0 N–H and O–H groups in total. The third-order valence-electron chi connectivity index (χ3n) is 1.79. The predicted octanol–water partition coefficient (Wildman–Crippen LogP) is 3.53. The molecule has 2 nitrogen and oxygen atoms in total. The van der Waals surface area contributed by atoms with E-state index in [9.17, 15) is 22.4 Å². The van der Waals surface area contributed by atoms with Crippen LogP contribution in [-0.2, 0) is 0 Å². The fraction of sp³-hybridized carbons (Fsp3) is 0.300. The lowest BCUT2D eigenvalue weighted by molar-refractivity contribution is -0.274. The number of carbonyl (C=O) groups excluding carboxylic acids is 1. The number of Topliss-reactive ketones (excluding diaryl/α,β-unsaturated/α-hetero) is 1. The van der Waals surface area contributed by atoms with E-state index in [4.69, 9.17) is 11.6 Å². The molecule has 94 valence electrons. The van der Waals surface area contributed by atoms with Gasteiger partial charge in [0.05, 0.1) is 10.9 Å². The van der Waals surface area contributed by atoms with Gasteiger partial charge in [-0.1, -0.05) is 0 Å². The Morgan fingerprint density at radius 2 is 2.00 bits per heavy atom. The summed E-state index contributed by atoms with van der Waals surface area (Å²) in [5, 5.41) is -1.08. The Hall–Kier alpha value is -1.30. The molecule has 0 saturated heterocycles. The Morgan fingerprint density at radius 1 is 1.41 bits per heavy atom. The van der Waals surface area contributed by atoms with Crippen LogP contribution in [-0.4, -0.2) is 17.5 Å².